The second kappa shape index (κ2) is 6.88. The first kappa shape index (κ1) is 15.0. The Morgan fingerprint density at radius 3 is 2.70 bits per heavy atom. The molecule has 0 spiro atoms. The van der Waals surface area contributed by atoms with Crippen LogP contribution in [0.4, 0.5) is 0 Å². The zero-order valence-electron chi connectivity index (χ0n) is 11.7. The number of thiophene rings is 1. The highest BCUT2D eigenvalue weighted by Gasteiger charge is 2.35. The molecule has 1 aromatic rings. The molecule has 0 aromatic carbocycles. The minimum atomic E-state index is -0.838. The molecule has 4 nitrogen and oxygen atoms in total. The van der Waals surface area contributed by atoms with Crippen molar-refractivity contribution in [2.75, 3.05) is 0 Å². The Bertz CT molecular complexity index is 483. The first-order valence-corrected chi connectivity index (χ1v) is 8.07. The topological polar surface area (TPSA) is 66.4 Å². The lowest BCUT2D eigenvalue weighted by atomic mass is 9.79. The highest BCUT2D eigenvalue weighted by atomic mass is 32.1. The zero-order chi connectivity index (χ0) is 14.5. The van der Waals surface area contributed by atoms with Crippen LogP contribution in [0.2, 0.25) is 0 Å². The number of carbonyl (C=O) groups excluding carboxylic acids is 1. The monoisotopic (exact) mass is 295 g/mol. The molecule has 5 heteroatoms. The van der Waals surface area contributed by atoms with Crippen molar-refractivity contribution in [2.24, 2.45) is 11.8 Å². The molecule has 2 N–H and O–H groups in total. The molecule has 0 bridgehead atoms. The Kier molecular flexibility index (Phi) is 5.17. The molecule has 1 amide bonds. The van der Waals surface area contributed by atoms with E-state index in [1.165, 1.54) is 10.4 Å². The van der Waals surface area contributed by atoms with Gasteiger partial charge < -0.3 is 10.4 Å². The normalized spacial score (nSPS) is 22.4. The largest absolute Gasteiger partial charge is 0.481 e. The quantitative estimate of drug-likeness (QED) is 0.878. The molecule has 2 unspecified atom stereocenters. The van der Waals surface area contributed by atoms with E-state index in [9.17, 15) is 14.7 Å². The van der Waals surface area contributed by atoms with E-state index in [4.69, 9.17) is 0 Å². The molecular weight excluding hydrogens is 274 g/mol. The maximum Gasteiger partial charge on any atom is 0.307 e. The van der Waals surface area contributed by atoms with E-state index < -0.39 is 11.9 Å². The van der Waals surface area contributed by atoms with Crippen molar-refractivity contribution in [2.45, 2.75) is 45.6 Å². The zero-order valence-corrected chi connectivity index (χ0v) is 12.5. The summed E-state index contributed by atoms with van der Waals surface area (Å²) in [5.41, 5.74) is 1.26. The van der Waals surface area contributed by atoms with E-state index in [1.807, 2.05) is 5.38 Å². The van der Waals surface area contributed by atoms with Crippen LogP contribution in [0.25, 0.3) is 0 Å². The Morgan fingerprint density at radius 1 is 1.35 bits per heavy atom. The van der Waals surface area contributed by atoms with Gasteiger partial charge in [-0.05, 0) is 36.3 Å². The Hall–Kier alpha value is -1.36. The number of aryl methyl sites for hydroxylation is 1. The number of nitrogens with one attached hydrogen (secondary N) is 1. The van der Waals surface area contributed by atoms with Crippen molar-refractivity contribution in [3.05, 3.63) is 21.9 Å². The van der Waals surface area contributed by atoms with E-state index in [2.05, 4.69) is 18.3 Å². The standard InChI is InChI=1S/C15H21NO3S/c1-2-10-7-8-20-13(10)9-16-14(17)11-5-3-4-6-12(11)15(18)19/h7-8,11-12H,2-6,9H2,1H3,(H,16,17)(H,18,19). The second-order valence-corrected chi connectivity index (χ2v) is 6.28. The molecule has 1 aliphatic carbocycles. The Morgan fingerprint density at radius 2 is 2.05 bits per heavy atom. The minimum absolute atomic E-state index is 0.104. The van der Waals surface area contributed by atoms with Crippen molar-refractivity contribution < 1.29 is 14.7 Å². The number of hydrogen-bond acceptors (Lipinski definition) is 3. The third-order valence-corrected chi connectivity index (χ3v) is 5.02. The number of hydrogen-bond donors (Lipinski definition) is 2. The summed E-state index contributed by atoms with van der Waals surface area (Å²) >= 11 is 1.64. The van der Waals surface area contributed by atoms with E-state index in [0.29, 0.717) is 19.4 Å². The summed E-state index contributed by atoms with van der Waals surface area (Å²) in [6.45, 7) is 2.61. The first-order valence-electron chi connectivity index (χ1n) is 7.19. The summed E-state index contributed by atoms with van der Waals surface area (Å²) in [5, 5.41) is 14.2. The van der Waals surface area contributed by atoms with E-state index in [0.717, 1.165) is 19.3 Å². The lowest BCUT2D eigenvalue weighted by Gasteiger charge is -2.27. The Labute approximate surface area is 123 Å². The lowest BCUT2D eigenvalue weighted by Crippen LogP contribution is -2.39. The van der Waals surface area contributed by atoms with Gasteiger partial charge >= 0.3 is 5.97 Å². The van der Waals surface area contributed by atoms with Crippen LogP contribution in [0.1, 0.15) is 43.0 Å². The predicted molar refractivity (Wildman–Crippen MR) is 78.6 cm³/mol. The number of aliphatic carboxylic acids is 1. The Balaban J connectivity index is 1.95. The molecule has 1 fully saturated rings. The first-order chi connectivity index (χ1) is 9.63. The van der Waals surface area contributed by atoms with Gasteiger partial charge in [0.15, 0.2) is 0 Å². The molecule has 0 aliphatic heterocycles. The summed E-state index contributed by atoms with van der Waals surface area (Å²) in [4.78, 5) is 24.6. The number of carboxylic acid groups (broad SMARTS) is 1. The van der Waals surface area contributed by atoms with Crippen molar-refractivity contribution in [1.82, 2.24) is 5.32 Å². The van der Waals surface area contributed by atoms with Crippen molar-refractivity contribution >= 4 is 23.2 Å². The number of carbonyl (C=O) groups is 2. The van der Waals surface area contributed by atoms with Crippen molar-refractivity contribution in [3.63, 3.8) is 0 Å². The van der Waals surface area contributed by atoms with Gasteiger partial charge in [0.05, 0.1) is 18.4 Å². The van der Waals surface area contributed by atoms with Gasteiger partial charge in [-0.1, -0.05) is 19.8 Å². The molecule has 20 heavy (non-hydrogen) atoms. The van der Waals surface area contributed by atoms with Crippen LogP contribution in [0, 0.1) is 11.8 Å². The molecule has 2 atom stereocenters. The van der Waals surface area contributed by atoms with Gasteiger partial charge in [0.1, 0.15) is 0 Å². The van der Waals surface area contributed by atoms with Crippen LogP contribution < -0.4 is 5.32 Å². The average Bonchev–Trinajstić information content (AvgIpc) is 2.92. The van der Waals surface area contributed by atoms with Gasteiger partial charge in [-0.25, -0.2) is 0 Å². The maximum atomic E-state index is 12.2. The van der Waals surface area contributed by atoms with E-state index in [1.54, 1.807) is 11.3 Å². The van der Waals surface area contributed by atoms with Crippen LogP contribution in [0.5, 0.6) is 0 Å². The third-order valence-electron chi connectivity index (χ3n) is 4.06. The fraction of sp³-hybridized carbons (Fsp3) is 0.600. The summed E-state index contributed by atoms with van der Waals surface area (Å²) < 4.78 is 0. The van der Waals surface area contributed by atoms with Crippen molar-refractivity contribution in [1.29, 1.82) is 0 Å². The summed E-state index contributed by atoms with van der Waals surface area (Å²) in [7, 11) is 0. The van der Waals surface area contributed by atoms with Gasteiger partial charge in [-0.2, -0.15) is 0 Å². The maximum absolute atomic E-state index is 12.2. The number of amides is 1. The van der Waals surface area contributed by atoms with Crippen molar-refractivity contribution in [3.8, 4) is 0 Å². The van der Waals surface area contributed by atoms with Crippen LogP contribution in [-0.2, 0) is 22.6 Å². The molecular formula is C15H21NO3S. The molecule has 110 valence electrons. The average molecular weight is 295 g/mol. The summed E-state index contributed by atoms with van der Waals surface area (Å²) in [5.74, 6) is -1.83. The molecule has 2 rings (SSSR count). The van der Waals surface area contributed by atoms with Gasteiger partial charge in [0, 0.05) is 4.88 Å². The summed E-state index contributed by atoms with van der Waals surface area (Å²) in [6, 6.07) is 2.08. The third kappa shape index (κ3) is 3.39. The molecule has 1 saturated carbocycles. The SMILES string of the molecule is CCc1ccsc1CNC(=O)C1CCCCC1C(=O)O. The lowest BCUT2D eigenvalue weighted by molar-refractivity contribution is -0.148. The van der Waals surface area contributed by atoms with E-state index in [-0.39, 0.29) is 11.8 Å². The molecule has 1 aliphatic rings. The fourth-order valence-electron chi connectivity index (χ4n) is 2.88. The summed E-state index contributed by atoms with van der Waals surface area (Å²) in [6.07, 6.45) is 4.11. The fourth-order valence-corrected chi connectivity index (χ4v) is 3.79. The predicted octanol–water partition coefficient (Wildman–Crippen LogP) is 2.82. The van der Waals surface area contributed by atoms with Gasteiger partial charge in [0.25, 0.3) is 0 Å². The highest BCUT2D eigenvalue weighted by molar-refractivity contribution is 7.10. The smallest absolute Gasteiger partial charge is 0.307 e. The molecule has 0 radical (unpaired) electrons. The van der Waals surface area contributed by atoms with Gasteiger partial charge in [-0.3, -0.25) is 9.59 Å². The molecule has 0 saturated heterocycles. The highest BCUT2D eigenvalue weighted by Crippen LogP contribution is 2.30. The second-order valence-electron chi connectivity index (χ2n) is 5.28. The van der Waals surface area contributed by atoms with Gasteiger partial charge in [-0.15, -0.1) is 11.3 Å². The van der Waals surface area contributed by atoms with Crippen LogP contribution in [0.3, 0.4) is 0 Å². The number of carboxylic acids is 1. The van der Waals surface area contributed by atoms with Gasteiger partial charge in [0.2, 0.25) is 5.91 Å². The molecule has 1 aromatic heterocycles. The van der Waals surface area contributed by atoms with E-state index >= 15 is 0 Å². The minimum Gasteiger partial charge on any atom is -0.481 e. The number of rotatable bonds is 5. The molecule has 1 heterocycles. The van der Waals surface area contributed by atoms with Crippen LogP contribution in [0.15, 0.2) is 11.4 Å². The van der Waals surface area contributed by atoms with Crippen LogP contribution in [-0.4, -0.2) is 17.0 Å². The van der Waals surface area contributed by atoms with Crippen LogP contribution >= 0.6 is 11.3 Å².